The van der Waals surface area contributed by atoms with Crippen LogP contribution in [0.1, 0.15) is 5.56 Å². The van der Waals surface area contributed by atoms with Crippen LogP contribution in [0.3, 0.4) is 0 Å². The van der Waals surface area contributed by atoms with E-state index in [1.165, 1.54) is 24.3 Å². The summed E-state index contributed by atoms with van der Waals surface area (Å²) in [6.07, 6.45) is 1.70. The molecule has 0 spiro atoms. The standard InChI is InChI=1S/C18H12BrF2N/c19-10-14-9-18(13-4-2-6-16(21)8-13)22-11-17(14)12-3-1-5-15(20)7-12/h1-9,11H,10H2. The van der Waals surface area contributed by atoms with Gasteiger partial charge in [0.15, 0.2) is 0 Å². The van der Waals surface area contributed by atoms with Gasteiger partial charge < -0.3 is 0 Å². The van der Waals surface area contributed by atoms with E-state index in [-0.39, 0.29) is 11.6 Å². The monoisotopic (exact) mass is 359 g/mol. The Kier molecular flexibility index (Phi) is 4.29. The summed E-state index contributed by atoms with van der Waals surface area (Å²) in [5.41, 5.74) is 4.01. The van der Waals surface area contributed by atoms with E-state index >= 15 is 0 Å². The second-order valence-electron chi connectivity index (χ2n) is 4.88. The van der Waals surface area contributed by atoms with Crippen molar-refractivity contribution < 1.29 is 8.78 Å². The normalized spacial score (nSPS) is 10.7. The maximum atomic E-state index is 13.4. The Hall–Kier alpha value is -2.07. The number of halogens is 3. The molecule has 2 aromatic carbocycles. The summed E-state index contributed by atoms with van der Waals surface area (Å²) in [7, 11) is 0. The maximum absolute atomic E-state index is 13.4. The molecule has 110 valence electrons. The van der Waals surface area contributed by atoms with Gasteiger partial charge in [0.2, 0.25) is 0 Å². The first-order valence-corrected chi connectivity index (χ1v) is 7.86. The molecule has 0 N–H and O–H groups in total. The highest BCUT2D eigenvalue weighted by atomic mass is 79.9. The van der Waals surface area contributed by atoms with E-state index in [9.17, 15) is 8.78 Å². The zero-order chi connectivity index (χ0) is 15.5. The maximum Gasteiger partial charge on any atom is 0.123 e. The van der Waals surface area contributed by atoms with E-state index < -0.39 is 0 Å². The molecule has 0 aliphatic rings. The molecule has 0 atom stereocenters. The average Bonchev–Trinajstić information content (AvgIpc) is 2.54. The van der Waals surface area contributed by atoms with Crippen LogP contribution in [0.4, 0.5) is 8.78 Å². The molecule has 1 heterocycles. The van der Waals surface area contributed by atoms with Gasteiger partial charge in [-0.05, 0) is 41.5 Å². The molecule has 0 saturated carbocycles. The third-order valence-electron chi connectivity index (χ3n) is 3.39. The molecule has 1 nitrogen and oxygen atoms in total. The number of hydrogen-bond donors (Lipinski definition) is 0. The number of nitrogens with zero attached hydrogens (tertiary/aromatic N) is 1. The first kappa shape index (κ1) is 14.9. The molecule has 0 fully saturated rings. The predicted octanol–water partition coefficient (Wildman–Crippen LogP) is 5.59. The van der Waals surface area contributed by atoms with E-state index in [1.54, 1.807) is 18.3 Å². The summed E-state index contributed by atoms with van der Waals surface area (Å²) < 4.78 is 26.7. The summed E-state index contributed by atoms with van der Waals surface area (Å²) in [5, 5.41) is 0.601. The molecule has 0 unspecified atom stereocenters. The summed E-state index contributed by atoms with van der Waals surface area (Å²) in [4.78, 5) is 4.39. The molecule has 0 saturated heterocycles. The highest BCUT2D eigenvalue weighted by Gasteiger charge is 2.09. The Morgan fingerprint density at radius 3 is 2.14 bits per heavy atom. The Morgan fingerprint density at radius 2 is 1.50 bits per heavy atom. The van der Waals surface area contributed by atoms with Crippen LogP contribution in [0, 0.1) is 11.6 Å². The molecule has 3 rings (SSSR count). The van der Waals surface area contributed by atoms with Gasteiger partial charge in [-0.15, -0.1) is 0 Å². The van der Waals surface area contributed by atoms with Gasteiger partial charge in [0.1, 0.15) is 11.6 Å². The molecule has 1 aromatic heterocycles. The predicted molar refractivity (Wildman–Crippen MR) is 87.7 cm³/mol. The third kappa shape index (κ3) is 3.07. The third-order valence-corrected chi connectivity index (χ3v) is 3.99. The Balaban J connectivity index is 2.08. The average molecular weight is 360 g/mol. The van der Waals surface area contributed by atoms with E-state index in [2.05, 4.69) is 20.9 Å². The van der Waals surface area contributed by atoms with E-state index in [1.807, 2.05) is 18.2 Å². The van der Waals surface area contributed by atoms with Crippen LogP contribution in [0.15, 0.2) is 60.8 Å². The summed E-state index contributed by atoms with van der Waals surface area (Å²) in [6.45, 7) is 0. The number of alkyl halides is 1. The van der Waals surface area contributed by atoms with Crippen LogP contribution < -0.4 is 0 Å². The molecular weight excluding hydrogens is 348 g/mol. The minimum atomic E-state index is -0.297. The van der Waals surface area contributed by atoms with Crippen molar-refractivity contribution in [1.29, 1.82) is 0 Å². The highest BCUT2D eigenvalue weighted by Crippen LogP contribution is 2.29. The number of aromatic nitrogens is 1. The van der Waals surface area contributed by atoms with Gasteiger partial charge in [-0.1, -0.05) is 40.2 Å². The lowest BCUT2D eigenvalue weighted by Gasteiger charge is -2.10. The van der Waals surface area contributed by atoms with Gasteiger partial charge in [-0.25, -0.2) is 8.78 Å². The van der Waals surface area contributed by atoms with E-state index in [0.717, 1.165) is 16.7 Å². The van der Waals surface area contributed by atoms with Crippen LogP contribution >= 0.6 is 15.9 Å². The van der Waals surface area contributed by atoms with Gasteiger partial charge in [0, 0.05) is 22.7 Å². The molecule has 0 bridgehead atoms. The number of benzene rings is 2. The molecule has 4 heteroatoms. The summed E-state index contributed by atoms with van der Waals surface area (Å²) >= 11 is 3.45. The van der Waals surface area contributed by atoms with Crippen LogP contribution in [-0.4, -0.2) is 4.98 Å². The van der Waals surface area contributed by atoms with Gasteiger partial charge >= 0.3 is 0 Å². The fraction of sp³-hybridized carbons (Fsp3) is 0.0556. The Bertz CT molecular complexity index is 818. The van der Waals surface area contributed by atoms with Crippen molar-refractivity contribution in [2.75, 3.05) is 0 Å². The topological polar surface area (TPSA) is 12.9 Å². The lowest BCUT2D eigenvalue weighted by Crippen LogP contribution is -1.92. The SMILES string of the molecule is Fc1cccc(-c2cc(CBr)c(-c3cccc(F)c3)cn2)c1. The van der Waals surface area contributed by atoms with E-state index in [4.69, 9.17) is 0 Å². The molecular formula is C18H12BrF2N. The smallest absolute Gasteiger partial charge is 0.123 e. The zero-order valence-corrected chi connectivity index (χ0v) is 13.1. The van der Waals surface area contributed by atoms with Crippen molar-refractivity contribution in [1.82, 2.24) is 4.98 Å². The van der Waals surface area contributed by atoms with Gasteiger partial charge in [-0.2, -0.15) is 0 Å². The lowest BCUT2D eigenvalue weighted by atomic mass is 10.0. The second-order valence-corrected chi connectivity index (χ2v) is 5.44. The molecule has 3 aromatic rings. The van der Waals surface area contributed by atoms with Crippen molar-refractivity contribution in [3.8, 4) is 22.4 Å². The van der Waals surface area contributed by atoms with Gasteiger partial charge in [0.05, 0.1) is 5.69 Å². The van der Waals surface area contributed by atoms with E-state index in [0.29, 0.717) is 16.6 Å². The number of pyridine rings is 1. The zero-order valence-electron chi connectivity index (χ0n) is 11.6. The minimum Gasteiger partial charge on any atom is -0.256 e. The van der Waals surface area contributed by atoms with Crippen LogP contribution in [-0.2, 0) is 5.33 Å². The molecule has 0 aliphatic heterocycles. The first-order valence-electron chi connectivity index (χ1n) is 6.74. The fourth-order valence-electron chi connectivity index (χ4n) is 2.33. The van der Waals surface area contributed by atoms with Crippen molar-refractivity contribution in [2.24, 2.45) is 0 Å². The molecule has 0 radical (unpaired) electrons. The van der Waals surface area contributed by atoms with Crippen molar-refractivity contribution >= 4 is 15.9 Å². The Morgan fingerprint density at radius 1 is 0.864 bits per heavy atom. The summed E-state index contributed by atoms with van der Waals surface area (Å²) in [5.74, 6) is -0.582. The number of hydrogen-bond acceptors (Lipinski definition) is 1. The van der Waals surface area contributed by atoms with Gasteiger partial charge in [-0.3, -0.25) is 4.98 Å². The second kappa shape index (κ2) is 6.36. The largest absolute Gasteiger partial charge is 0.256 e. The molecule has 22 heavy (non-hydrogen) atoms. The lowest BCUT2D eigenvalue weighted by molar-refractivity contribution is 0.628. The fourth-order valence-corrected chi connectivity index (χ4v) is 2.79. The highest BCUT2D eigenvalue weighted by molar-refractivity contribution is 9.08. The number of rotatable bonds is 3. The van der Waals surface area contributed by atoms with Crippen molar-refractivity contribution in [3.63, 3.8) is 0 Å². The summed E-state index contributed by atoms with van der Waals surface area (Å²) in [6, 6.07) is 14.6. The van der Waals surface area contributed by atoms with Crippen LogP contribution in [0.2, 0.25) is 0 Å². The van der Waals surface area contributed by atoms with Crippen LogP contribution in [0.5, 0.6) is 0 Å². The Labute approximate surface area is 135 Å². The van der Waals surface area contributed by atoms with Crippen molar-refractivity contribution in [2.45, 2.75) is 5.33 Å². The van der Waals surface area contributed by atoms with Crippen LogP contribution in [0.25, 0.3) is 22.4 Å². The quantitative estimate of drug-likeness (QED) is 0.555. The molecule has 0 amide bonds. The first-order chi connectivity index (χ1) is 10.7. The minimum absolute atomic E-state index is 0.285. The van der Waals surface area contributed by atoms with Gasteiger partial charge in [0.25, 0.3) is 0 Å². The molecule has 0 aliphatic carbocycles. The van der Waals surface area contributed by atoms with Crippen molar-refractivity contribution in [3.05, 3.63) is 78.0 Å².